The van der Waals surface area contributed by atoms with Gasteiger partial charge in [-0.3, -0.25) is 0 Å². The van der Waals surface area contributed by atoms with E-state index >= 15 is 0 Å². The van der Waals surface area contributed by atoms with E-state index in [1.165, 1.54) is 30.5 Å². The predicted molar refractivity (Wildman–Crippen MR) is 121 cm³/mol. The Bertz CT molecular complexity index is 1290. The Hall–Kier alpha value is -2.90. The van der Waals surface area contributed by atoms with Crippen LogP contribution in [0.15, 0.2) is 82.2 Å². The van der Waals surface area contributed by atoms with E-state index in [-0.39, 0.29) is 5.82 Å². The molecule has 1 atom stereocenters. The summed E-state index contributed by atoms with van der Waals surface area (Å²) in [4.78, 5) is 10.6. The van der Waals surface area contributed by atoms with E-state index in [1.807, 2.05) is 42.5 Å². The molecule has 0 spiro atoms. The van der Waals surface area contributed by atoms with Crippen molar-refractivity contribution in [2.75, 3.05) is 6.26 Å². The Morgan fingerprint density at radius 1 is 1.03 bits per heavy atom. The minimum atomic E-state index is -2.76. The highest BCUT2D eigenvalue weighted by atomic mass is 32.2. The van der Waals surface area contributed by atoms with Crippen molar-refractivity contribution in [1.82, 2.24) is 9.97 Å². The Morgan fingerprint density at radius 2 is 1.77 bits per heavy atom. The second-order valence-electron chi connectivity index (χ2n) is 6.76. The molecular formula is C23H20FN3OS2. The van der Waals surface area contributed by atoms with Crippen molar-refractivity contribution < 1.29 is 8.60 Å². The fraction of sp³-hybridized carbons (Fsp3) is 0.130. The average Bonchev–Trinajstić information content (AvgIpc) is 3.19. The Balaban J connectivity index is 1.79. The quantitative estimate of drug-likeness (QED) is 0.365. The molecule has 0 radical (unpaired) electrons. The first-order valence-corrected chi connectivity index (χ1v) is 12.2. The number of pyridine rings is 1. The Morgan fingerprint density at radius 3 is 2.47 bits per heavy atom. The molecular weight excluding hydrogens is 417 g/mol. The number of rotatable bonds is 5. The zero-order valence-electron chi connectivity index (χ0n) is 16.6. The molecule has 0 aliphatic rings. The van der Waals surface area contributed by atoms with E-state index in [4.69, 9.17) is 4.98 Å². The third-order valence-corrected chi connectivity index (χ3v) is 7.48. The van der Waals surface area contributed by atoms with Crippen molar-refractivity contribution in [2.45, 2.75) is 18.2 Å². The highest BCUT2D eigenvalue weighted by Gasteiger charge is 2.15. The van der Waals surface area contributed by atoms with Gasteiger partial charge in [0.25, 0.3) is 0 Å². The van der Waals surface area contributed by atoms with E-state index < -0.39 is 9.73 Å². The summed E-state index contributed by atoms with van der Waals surface area (Å²) in [5.74, 6) is -0.00535. The highest BCUT2D eigenvalue weighted by Crippen LogP contribution is 2.38. The molecule has 152 valence electrons. The predicted octanol–water partition coefficient (Wildman–Crippen LogP) is 6.36. The first-order chi connectivity index (χ1) is 14.5. The van der Waals surface area contributed by atoms with E-state index in [0.29, 0.717) is 10.7 Å². The van der Waals surface area contributed by atoms with Crippen LogP contribution in [0.2, 0.25) is 0 Å². The lowest BCUT2D eigenvalue weighted by atomic mass is 10.1. The molecule has 0 N–H and O–H groups in total. The third kappa shape index (κ3) is 4.32. The minimum Gasteiger partial charge on any atom is -0.245 e. The maximum Gasteiger partial charge on any atom is 0.162 e. The second-order valence-corrected chi connectivity index (χ2v) is 10.1. The second kappa shape index (κ2) is 8.45. The van der Waals surface area contributed by atoms with Crippen molar-refractivity contribution >= 4 is 26.9 Å². The van der Waals surface area contributed by atoms with Crippen LogP contribution >= 0.6 is 11.3 Å². The van der Waals surface area contributed by atoms with Crippen molar-refractivity contribution in [1.29, 1.82) is 0 Å². The molecule has 0 saturated heterocycles. The molecule has 0 aliphatic heterocycles. The zero-order valence-corrected chi connectivity index (χ0v) is 18.2. The molecule has 0 aliphatic carbocycles. The van der Waals surface area contributed by atoms with Gasteiger partial charge >= 0.3 is 0 Å². The number of aryl methyl sites for hydroxylation is 1. The number of hydrogen-bond acceptors (Lipinski definition) is 5. The molecule has 2 aromatic heterocycles. The van der Waals surface area contributed by atoms with Crippen LogP contribution in [0.25, 0.3) is 21.7 Å². The molecule has 0 fully saturated rings. The van der Waals surface area contributed by atoms with Crippen molar-refractivity contribution in [3.63, 3.8) is 0 Å². The van der Waals surface area contributed by atoms with Gasteiger partial charge in [0.2, 0.25) is 0 Å². The fourth-order valence-electron chi connectivity index (χ4n) is 3.03. The molecule has 30 heavy (non-hydrogen) atoms. The van der Waals surface area contributed by atoms with Crippen LogP contribution in [-0.4, -0.2) is 20.4 Å². The molecule has 2 aromatic carbocycles. The largest absolute Gasteiger partial charge is 0.245 e. The topological polar surface area (TPSA) is 55.2 Å². The monoisotopic (exact) mass is 437 g/mol. The fourth-order valence-corrected chi connectivity index (χ4v) is 5.26. The standard InChI is InChI=1S/C23H20FN3OS2/c1-3-21-26-22(16-7-5-4-6-8-16)23(29-21)17-13-14-25-20(15-17)27-30(2,28)19-11-9-18(24)10-12-19/h4-15H,3H2,1-2H3. The molecule has 2 heterocycles. The SMILES string of the molecule is CCc1nc(-c2ccccc2)c(-c2ccnc(N=S(C)(=O)c3ccc(F)cc3)c2)s1. The van der Waals surface area contributed by atoms with Crippen LogP contribution in [0.5, 0.6) is 0 Å². The van der Waals surface area contributed by atoms with Gasteiger partial charge in [-0.2, -0.15) is 4.36 Å². The van der Waals surface area contributed by atoms with E-state index in [1.54, 1.807) is 17.5 Å². The summed E-state index contributed by atoms with van der Waals surface area (Å²) < 4.78 is 30.7. The van der Waals surface area contributed by atoms with Crippen molar-refractivity contribution in [3.8, 4) is 21.7 Å². The summed E-state index contributed by atoms with van der Waals surface area (Å²) in [5.41, 5.74) is 2.89. The lowest BCUT2D eigenvalue weighted by molar-refractivity contribution is 0.626. The first-order valence-electron chi connectivity index (χ1n) is 9.45. The van der Waals surface area contributed by atoms with E-state index in [9.17, 15) is 8.60 Å². The molecule has 0 saturated carbocycles. The number of hydrogen-bond donors (Lipinski definition) is 0. The van der Waals surface area contributed by atoms with Gasteiger partial charge in [0.15, 0.2) is 5.82 Å². The average molecular weight is 438 g/mol. The van der Waals surface area contributed by atoms with E-state index in [0.717, 1.165) is 33.1 Å². The Kier molecular flexibility index (Phi) is 5.74. The first kappa shape index (κ1) is 20.4. The molecule has 0 amide bonds. The van der Waals surface area contributed by atoms with Gasteiger partial charge in [0, 0.05) is 22.9 Å². The van der Waals surface area contributed by atoms with Crippen molar-refractivity contribution in [3.05, 3.63) is 83.8 Å². The lowest BCUT2D eigenvalue weighted by Crippen LogP contribution is -1.97. The number of nitrogens with zero attached hydrogens (tertiary/aromatic N) is 3. The summed E-state index contributed by atoms with van der Waals surface area (Å²) in [5, 5.41) is 1.05. The molecule has 4 nitrogen and oxygen atoms in total. The maximum absolute atomic E-state index is 13.2. The van der Waals surface area contributed by atoms with Gasteiger partial charge in [-0.05, 0) is 48.4 Å². The molecule has 7 heteroatoms. The summed E-state index contributed by atoms with van der Waals surface area (Å²) in [6, 6.07) is 19.3. The van der Waals surface area contributed by atoms with Crippen molar-refractivity contribution in [2.24, 2.45) is 4.36 Å². The summed E-state index contributed by atoms with van der Waals surface area (Å²) >= 11 is 1.64. The zero-order chi connectivity index (χ0) is 21.1. The van der Waals surface area contributed by atoms with Crippen LogP contribution in [-0.2, 0) is 16.1 Å². The lowest BCUT2D eigenvalue weighted by Gasteiger charge is -2.06. The number of benzene rings is 2. The summed E-state index contributed by atoms with van der Waals surface area (Å²) in [7, 11) is -2.76. The van der Waals surface area contributed by atoms with Crippen LogP contribution in [0.1, 0.15) is 11.9 Å². The molecule has 4 rings (SSSR count). The van der Waals surface area contributed by atoms with Gasteiger partial charge in [0.05, 0.1) is 25.3 Å². The highest BCUT2D eigenvalue weighted by molar-refractivity contribution is 7.93. The maximum atomic E-state index is 13.2. The molecule has 1 unspecified atom stereocenters. The van der Waals surface area contributed by atoms with Crippen LogP contribution in [0, 0.1) is 5.82 Å². The van der Waals surface area contributed by atoms with E-state index in [2.05, 4.69) is 16.3 Å². The van der Waals surface area contributed by atoms with Crippen LogP contribution in [0.4, 0.5) is 10.2 Å². The van der Waals surface area contributed by atoms with Gasteiger partial charge in [0.1, 0.15) is 5.82 Å². The van der Waals surface area contributed by atoms with Gasteiger partial charge in [-0.15, -0.1) is 11.3 Å². The van der Waals surface area contributed by atoms with Crippen LogP contribution in [0.3, 0.4) is 0 Å². The summed E-state index contributed by atoms with van der Waals surface area (Å²) in [6.07, 6.45) is 4.04. The summed E-state index contributed by atoms with van der Waals surface area (Å²) in [6.45, 7) is 2.08. The molecule has 0 bridgehead atoms. The molecule has 4 aromatic rings. The minimum absolute atomic E-state index is 0.370. The number of aromatic nitrogens is 2. The Labute approximate surface area is 179 Å². The van der Waals surface area contributed by atoms with Gasteiger partial charge in [-0.25, -0.2) is 18.6 Å². The number of halogens is 1. The smallest absolute Gasteiger partial charge is 0.162 e. The third-order valence-electron chi connectivity index (χ3n) is 4.55. The number of thiazole rings is 1. The van der Waals surface area contributed by atoms with Crippen LogP contribution < -0.4 is 0 Å². The van der Waals surface area contributed by atoms with Gasteiger partial charge in [-0.1, -0.05) is 37.3 Å². The van der Waals surface area contributed by atoms with Gasteiger partial charge < -0.3 is 0 Å². The normalized spacial score (nSPS) is 13.0.